The molecule has 2 aliphatic heterocycles. The summed E-state index contributed by atoms with van der Waals surface area (Å²) in [6.07, 6.45) is 2.93. The third-order valence-corrected chi connectivity index (χ3v) is 4.39. The molecule has 0 fully saturated rings. The predicted octanol–water partition coefficient (Wildman–Crippen LogP) is 3.54. The molecule has 116 valence electrons. The maximum absolute atomic E-state index is 13.2. The van der Waals surface area contributed by atoms with E-state index in [1.54, 1.807) is 12.1 Å². The first-order valence-electron chi connectivity index (χ1n) is 7.70. The molecule has 4 rings (SSSR count). The fourth-order valence-corrected chi connectivity index (χ4v) is 3.18. The highest BCUT2D eigenvalue weighted by molar-refractivity contribution is 6.01. The van der Waals surface area contributed by atoms with Crippen LogP contribution in [0, 0.1) is 5.82 Å². The van der Waals surface area contributed by atoms with E-state index < -0.39 is 0 Å². The van der Waals surface area contributed by atoms with Gasteiger partial charge in [0.25, 0.3) is 5.91 Å². The molecule has 0 saturated heterocycles. The SMILES string of the molecule is O=C1NCc2cc(C3=CCOCC3)c(-c3ccc(F)cc3)cc21. The van der Waals surface area contributed by atoms with Gasteiger partial charge in [0.2, 0.25) is 0 Å². The highest BCUT2D eigenvalue weighted by Crippen LogP contribution is 2.35. The minimum absolute atomic E-state index is 0.0455. The van der Waals surface area contributed by atoms with Gasteiger partial charge in [-0.2, -0.15) is 0 Å². The van der Waals surface area contributed by atoms with Crippen LogP contribution in [0.3, 0.4) is 0 Å². The summed E-state index contributed by atoms with van der Waals surface area (Å²) in [4.78, 5) is 12.0. The van der Waals surface area contributed by atoms with Crippen LogP contribution in [0.5, 0.6) is 0 Å². The molecule has 2 aromatic rings. The van der Waals surface area contributed by atoms with Crippen LogP contribution in [0.1, 0.15) is 27.9 Å². The Morgan fingerprint density at radius 3 is 2.61 bits per heavy atom. The number of rotatable bonds is 2. The third kappa shape index (κ3) is 2.55. The topological polar surface area (TPSA) is 38.3 Å². The van der Waals surface area contributed by atoms with Crippen molar-refractivity contribution >= 4 is 11.5 Å². The average Bonchev–Trinajstić information content (AvgIpc) is 2.96. The Kier molecular flexibility index (Phi) is 3.46. The lowest BCUT2D eigenvalue weighted by molar-refractivity contribution is 0.0966. The number of fused-ring (bicyclic) bond motifs is 1. The van der Waals surface area contributed by atoms with Crippen LogP contribution in [0.2, 0.25) is 0 Å². The number of ether oxygens (including phenoxy) is 1. The molecular weight excluding hydrogens is 293 g/mol. The monoisotopic (exact) mass is 309 g/mol. The highest BCUT2D eigenvalue weighted by atomic mass is 19.1. The number of carbonyl (C=O) groups excluding carboxylic acids is 1. The number of hydrogen-bond acceptors (Lipinski definition) is 2. The van der Waals surface area contributed by atoms with Crippen LogP contribution in [0.15, 0.2) is 42.5 Å². The van der Waals surface area contributed by atoms with Crippen LogP contribution in [-0.2, 0) is 11.3 Å². The molecule has 0 saturated carbocycles. The second-order valence-corrected chi connectivity index (χ2v) is 5.80. The van der Waals surface area contributed by atoms with E-state index in [2.05, 4.69) is 17.5 Å². The van der Waals surface area contributed by atoms with Crippen molar-refractivity contribution in [2.24, 2.45) is 0 Å². The highest BCUT2D eigenvalue weighted by Gasteiger charge is 2.23. The first-order valence-corrected chi connectivity index (χ1v) is 7.70. The van der Waals surface area contributed by atoms with E-state index in [-0.39, 0.29) is 11.7 Å². The van der Waals surface area contributed by atoms with Gasteiger partial charge in [-0.1, -0.05) is 18.2 Å². The van der Waals surface area contributed by atoms with E-state index in [1.165, 1.54) is 17.7 Å². The molecule has 3 nitrogen and oxygen atoms in total. The maximum atomic E-state index is 13.2. The Balaban J connectivity index is 1.91. The smallest absolute Gasteiger partial charge is 0.251 e. The van der Waals surface area contributed by atoms with Crippen molar-refractivity contribution in [1.82, 2.24) is 5.32 Å². The molecule has 1 N–H and O–H groups in total. The summed E-state index contributed by atoms with van der Waals surface area (Å²) in [5.41, 5.74) is 5.93. The molecular formula is C19H16FNO2. The number of benzene rings is 2. The van der Waals surface area contributed by atoms with Crippen molar-refractivity contribution in [3.05, 3.63) is 65.0 Å². The first kappa shape index (κ1) is 14.2. The molecule has 0 unspecified atom stereocenters. The fourth-order valence-electron chi connectivity index (χ4n) is 3.18. The lowest BCUT2D eigenvalue weighted by Gasteiger charge is -2.18. The van der Waals surface area contributed by atoms with Gasteiger partial charge in [0.15, 0.2) is 0 Å². The van der Waals surface area contributed by atoms with Gasteiger partial charge in [-0.25, -0.2) is 4.39 Å². The minimum Gasteiger partial charge on any atom is -0.377 e. The Morgan fingerprint density at radius 2 is 1.87 bits per heavy atom. The van der Waals surface area contributed by atoms with Crippen molar-refractivity contribution in [3.8, 4) is 11.1 Å². The number of nitrogens with one attached hydrogen (secondary N) is 1. The molecule has 0 radical (unpaired) electrons. The molecule has 2 heterocycles. The van der Waals surface area contributed by atoms with Gasteiger partial charge < -0.3 is 10.1 Å². The van der Waals surface area contributed by atoms with E-state index in [4.69, 9.17) is 4.74 Å². The normalized spacial score (nSPS) is 16.7. The zero-order chi connectivity index (χ0) is 15.8. The zero-order valence-electron chi connectivity index (χ0n) is 12.6. The van der Waals surface area contributed by atoms with Gasteiger partial charge in [0.1, 0.15) is 5.82 Å². The summed E-state index contributed by atoms with van der Waals surface area (Å²) in [5.74, 6) is -0.310. The van der Waals surface area contributed by atoms with E-state index >= 15 is 0 Å². The van der Waals surface area contributed by atoms with Gasteiger partial charge in [0, 0.05) is 12.1 Å². The first-order chi connectivity index (χ1) is 11.2. The molecule has 2 aromatic carbocycles. The summed E-state index contributed by atoms with van der Waals surface area (Å²) in [7, 11) is 0. The Morgan fingerprint density at radius 1 is 1.04 bits per heavy atom. The largest absolute Gasteiger partial charge is 0.377 e. The molecule has 4 heteroatoms. The quantitative estimate of drug-likeness (QED) is 0.921. The molecule has 0 atom stereocenters. The van der Waals surface area contributed by atoms with Crippen molar-refractivity contribution in [2.45, 2.75) is 13.0 Å². The van der Waals surface area contributed by atoms with Crippen molar-refractivity contribution in [3.63, 3.8) is 0 Å². The van der Waals surface area contributed by atoms with Crippen LogP contribution in [-0.4, -0.2) is 19.1 Å². The lowest BCUT2D eigenvalue weighted by Crippen LogP contribution is -2.12. The van der Waals surface area contributed by atoms with E-state index in [1.807, 2.05) is 6.07 Å². The zero-order valence-corrected chi connectivity index (χ0v) is 12.6. The molecule has 23 heavy (non-hydrogen) atoms. The summed E-state index contributed by atoms with van der Waals surface area (Å²) < 4.78 is 18.6. The van der Waals surface area contributed by atoms with E-state index in [0.29, 0.717) is 25.3 Å². The Labute approximate surface area is 133 Å². The van der Waals surface area contributed by atoms with E-state index in [0.717, 1.165) is 28.7 Å². The summed E-state index contributed by atoms with van der Waals surface area (Å²) in [6.45, 7) is 1.87. The Bertz CT molecular complexity index is 809. The van der Waals surface area contributed by atoms with Crippen LogP contribution in [0.4, 0.5) is 4.39 Å². The average molecular weight is 309 g/mol. The summed E-state index contributed by atoms with van der Waals surface area (Å²) >= 11 is 0. The second kappa shape index (κ2) is 5.63. The van der Waals surface area contributed by atoms with Crippen molar-refractivity contribution < 1.29 is 13.9 Å². The van der Waals surface area contributed by atoms with Gasteiger partial charge in [-0.15, -0.1) is 0 Å². The standard InChI is InChI=1S/C19H16FNO2/c20-15-3-1-12(2-4-15)17-10-18-14(11-21-19(18)22)9-16(17)13-5-7-23-8-6-13/h1-5,9-10H,6-8,11H2,(H,21,22). The number of amides is 1. The number of hydrogen-bond donors (Lipinski definition) is 1. The van der Waals surface area contributed by atoms with Crippen LogP contribution in [0.25, 0.3) is 16.7 Å². The van der Waals surface area contributed by atoms with Crippen LogP contribution < -0.4 is 5.32 Å². The van der Waals surface area contributed by atoms with Gasteiger partial charge >= 0.3 is 0 Å². The molecule has 0 spiro atoms. The molecule has 0 aromatic heterocycles. The van der Waals surface area contributed by atoms with Gasteiger partial charge in [-0.05, 0) is 58.5 Å². The second-order valence-electron chi connectivity index (χ2n) is 5.80. The summed E-state index contributed by atoms with van der Waals surface area (Å²) in [6, 6.07) is 10.4. The van der Waals surface area contributed by atoms with E-state index in [9.17, 15) is 9.18 Å². The number of carbonyl (C=O) groups is 1. The van der Waals surface area contributed by atoms with Gasteiger partial charge in [0.05, 0.1) is 13.2 Å². The predicted molar refractivity (Wildman–Crippen MR) is 86.4 cm³/mol. The minimum atomic E-state index is -0.264. The van der Waals surface area contributed by atoms with Crippen LogP contribution >= 0.6 is 0 Å². The molecule has 0 aliphatic carbocycles. The fraction of sp³-hybridized carbons (Fsp3) is 0.211. The van der Waals surface area contributed by atoms with Crippen molar-refractivity contribution in [1.29, 1.82) is 0 Å². The third-order valence-electron chi connectivity index (χ3n) is 4.39. The molecule has 1 amide bonds. The number of halogens is 1. The maximum Gasteiger partial charge on any atom is 0.251 e. The molecule has 2 aliphatic rings. The van der Waals surface area contributed by atoms with Crippen molar-refractivity contribution in [2.75, 3.05) is 13.2 Å². The molecule has 0 bridgehead atoms. The lowest BCUT2D eigenvalue weighted by atomic mass is 9.89. The summed E-state index contributed by atoms with van der Waals surface area (Å²) in [5, 5.41) is 2.86. The van der Waals surface area contributed by atoms with Gasteiger partial charge in [-0.3, -0.25) is 4.79 Å². The Hall–Kier alpha value is -2.46.